The van der Waals surface area contributed by atoms with E-state index in [0.717, 1.165) is 34.1 Å². The van der Waals surface area contributed by atoms with Crippen LogP contribution in [0.1, 0.15) is 29.6 Å². The molecule has 2 rings (SSSR count). The van der Waals surface area contributed by atoms with Gasteiger partial charge in [-0.25, -0.2) is 9.97 Å². The van der Waals surface area contributed by atoms with Gasteiger partial charge in [-0.15, -0.1) is 0 Å². The van der Waals surface area contributed by atoms with E-state index in [1.165, 1.54) is 0 Å². The van der Waals surface area contributed by atoms with Crippen molar-refractivity contribution in [2.75, 3.05) is 0 Å². The molecule has 0 saturated heterocycles. The Balaban J connectivity index is 2.38. The molecule has 0 atom stereocenters. The fraction of sp³-hybridized carbons (Fsp3) is 0.286. The molecule has 0 saturated carbocycles. The van der Waals surface area contributed by atoms with Crippen LogP contribution >= 0.6 is 23.2 Å². The zero-order valence-corrected chi connectivity index (χ0v) is 11.9. The third-order valence-electron chi connectivity index (χ3n) is 2.85. The van der Waals surface area contributed by atoms with Crippen molar-refractivity contribution in [2.45, 2.75) is 26.7 Å². The molecule has 0 radical (unpaired) electrons. The minimum atomic E-state index is 0.527. The Kier molecular flexibility index (Phi) is 4.20. The van der Waals surface area contributed by atoms with Crippen LogP contribution in [0.15, 0.2) is 24.3 Å². The maximum atomic E-state index is 6.22. The topological polar surface area (TPSA) is 25.8 Å². The number of aromatic nitrogens is 2. The zero-order chi connectivity index (χ0) is 13.1. The number of benzene rings is 1. The van der Waals surface area contributed by atoms with Gasteiger partial charge in [-0.1, -0.05) is 48.3 Å². The fourth-order valence-electron chi connectivity index (χ4n) is 1.81. The molecule has 0 N–H and O–H groups in total. The zero-order valence-electron chi connectivity index (χ0n) is 10.4. The molecule has 4 heteroatoms. The van der Waals surface area contributed by atoms with Crippen molar-refractivity contribution in [1.29, 1.82) is 0 Å². The average Bonchev–Trinajstić information content (AvgIpc) is 2.35. The average molecular weight is 281 g/mol. The lowest BCUT2D eigenvalue weighted by Gasteiger charge is -2.10. The summed E-state index contributed by atoms with van der Waals surface area (Å²) < 4.78 is 0. The van der Waals surface area contributed by atoms with Crippen molar-refractivity contribution < 1.29 is 0 Å². The molecular weight excluding hydrogens is 267 g/mol. The van der Waals surface area contributed by atoms with Gasteiger partial charge in [0.25, 0.3) is 0 Å². The van der Waals surface area contributed by atoms with E-state index in [-0.39, 0.29) is 0 Å². The number of hydrogen-bond donors (Lipinski definition) is 0. The van der Waals surface area contributed by atoms with E-state index >= 15 is 0 Å². The van der Waals surface area contributed by atoms with Crippen LogP contribution < -0.4 is 0 Å². The summed E-state index contributed by atoms with van der Waals surface area (Å²) >= 11 is 12.4. The molecule has 0 amide bonds. The molecular formula is C14H14Cl2N2. The molecule has 0 aliphatic carbocycles. The van der Waals surface area contributed by atoms with E-state index in [0.29, 0.717) is 11.6 Å². The van der Waals surface area contributed by atoms with Crippen LogP contribution in [0, 0.1) is 6.92 Å². The van der Waals surface area contributed by atoms with Crippen LogP contribution in [0.4, 0.5) is 0 Å². The minimum Gasteiger partial charge on any atom is -0.238 e. The second-order valence-electron chi connectivity index (χ2n) is 4.12. The number of nitrogens with zero attached hydrogens (tertiary/aromatic N) is 2. The van der Waals surface area contributed by atoms with Crippen molar-refractivity contribution >= 4 is 23.2 Å². The molecule has 1 aromatic heterocycles. The van der Waals surface area contributed by atoms with Crippen molar-refractivity contribution in [2.24, 2.45) is 0 Å². The molecule has 2 aromatic rings. The monoisotopic (exact) mass is 280 g/mol. The summed E-state index contributed by atoms with van der Waals surface area (Å²) in [4.78, 5) is 8.73. The highest BCUT2D eigenvalue weighted by atomic mass is 35.5. The molecule has 1 heterocycles. The smallest absolute Gasteiger partial charge is 0.136 e. The Morgan fingerprint density at radius 1 is 1.11 bits per heavy atom. The van der Waals surface area contributed by atoms with E-state index in [1.807, 2.05) is 38.1 Å². The Hall–Kier alpha value is -1.12. The van der Waals surface area contributed by atoms with Crippen LogP contribution in [0.2, 0.25) is 10.2 Å². The summed E-state index contributed by atoms with van der Waals surface area (Å²) in [5.41, 5.74) is 2.91. The lowest BCUT2D eigenvalue weighted by Crippen LogP contribution is -2.03. The van der Waals surface area contributed by atoms with Gasteiger partial charge in [-0.3, -0.25) is 0 Å². The second-order valence-corrected chi connectivity index (χ2v) is 4.88. The second kappa shape index (κ2) is 5.68. The molecule has 0 aliphatic heterocycles. The minimum absolute atomic E-state index is 0.527. The Morgan fingerprint density at radius 2 is 1.83 bits per heavy atom. The van der Waals surface area contributed by atoms with Gasteiger partial charge in [0.2, 0.25) is 0 Å². The number of hydrogen-bond acceptors (Lipinski definition) is 2. The molecule has 1 aromatic carbocycles. The van der Waals surface area contributed by atoms with Crippen LogP contribution in [-0.2, 0) is 12.8 Å². The first-order valence-electron chi connectivity index (χ1n) is 5.87. The van der Waals surface area contributed by atoms with E-state index < -0.39 is 0 Å². The summed E-state index contributed by atoms with van der Waals surface area (Å²) in [7, 11) is 0. The van der Waals surface area contributed by atoms with E-state index in [4.69, 9.17) is 23.2 Å². The van der Waals surface area contributed by atoms with Gasteiger partial charge < -0.3 is 0 Å². The summed E-state index contributed by atoms with van der Waals surface area (Å²) in [6.45, 7) is 3.97. The van der Waals surface area contributed by atoms with E-state index in [1.54, 1.807) is 0 Å². The van der Waals surface area contributed by atoms with Crippen molar-refractivity contribution in [3.8, 4) is 0 Å². The molecule has 2 nitrogen and oxygen atoms in total. The largest absolute Gasteiger partial charge is 0.238 e. The predicted octanol–water partition coefficient (Wildman–Crippen LogP) is 4.25. The summed E-state index contributed by atoms with van der Waals surface area (Å²) in [5, 5.41) is 1.27. The maximum absolute atomic E-state index is 6.22. The molecule has 94 valence electrons. The third-order valence-corrected chi connectivity index (χ3v) is 3.53. The molecule has 0 spiro atoms. The molecule has 0 fully saturated rings. The summed E-state index contributed by atoms with van der Waals surface area (Å²) in [5.74, 6) is 0.778. The Bertz CT molecular complexity index is 544. The lowest BCUT2D eigenvalue weighted by molar-refractivity contribution is 0.893. The fourth-order valence-corrected chi connectivity index (χ4v) is 2.31. The number of halogens is 2. The van der Waals surface area contributed by atoms with Gasteiger partial charge in [-0.05, 0) is 18.6 Å². The summed E-state index contributed by atoms with van der Waals surface area (Å²) in [6, 6.07) is 7.75. The highest BCUT2D eigenvalue weighted by Gasteiger charge is 2.11. The van der Waals surface area contributed by atoms with Crippen LogP contribution in [0.3, 0.4) is 0 Å². The normalized spacial score (nSPS) is 10.7. The Labute approximate surface area is 117 Å². The van der Waals surface area contributed by atoms with Gasteiger partial charge in [0.05, 0.1) is 0 Å². The van der Waals surface area contributed by atoms with Crippen molar-refractivity contribution in [1.82, 2.24) is 9.97 Å². The number of aryl methyl sites for hydroxylation is 2. The standard InChI is InChI=1S/C14H14Cl2N2/c1-3-13-17-9(2)11(14(16)18-13)8-10-6-4-5-7-12(10)15/h4-7H,3,8H2,1-2H3. The van der Waals surface area contributed by atoms with Gasteiger partial charge >= 0.3 is 0 Å². The first kappa shape index (κ1) is 13.3. The lowest BCUT2D eigenvalue weighted by atomic mass is 10.1. The van der Waals surface area contributed by atoms with E-state index in [2.05, 4.69) is 9.97 Å². The third kappa shape index (κ3) is 2.82. The molecule has 0 unspecified atom stereocenters. The van der Waals surface area contributed by atoms with Crippen LogP contribution in [-0.4, -0.2) is 9.97 Å². The quantitative estimate of drug-likeness (QED) is 0.786. The number of rotatable bonds is 3. The SMILES string of the molecule is CCc1nc(C)c(Cc2ccccc2Cl)c(Cl)n1. The van der Waals surface area contributed by atoms with Crippen molar-refractivity contribution in [3.05, 3.63) is 57.1 Å². The highest BCUT2D eigenvalue weighted by molar-refractivity contribution is 6.31. The summed E-state index contributed by atoms with van der Waals surface area (Å²) in [6.07, 6.45) is 1.45. The van der Waals surface area contributed by atoms with Crippen LogP contribution in [0.25, 0.3) is 0 Å². The van der Waals surface area contributed by atoms with Gasteiger partial charge in [0.15, 0.2) is 0 Å². The first-order chi connectivity index (χ1) is 8.61. The molecule has 0 bridgehead atoms. The predicted molar refractivity (Wildman–Crippen MR) is 75.4 cm³/mol. The van der Waals surface area contributed by atoms with E-state index in [9.17, 15) is 0 Å². The molecule has 0 aliphatic rings. The van der Waals surface area contributed by atoms with Gasteiger partial charge in [-0.2, -0.15) is 0 Å². The van der Waals surface area contributed by atoms with Crippen LogP contribution in [0.5, 0.6) is 0 Å². The highest BCUT2D eigenvalue weighted by Crippen LogP contribution is 2.24. The first-order valence-corrected chi connectivity index (χ1v) is 6.62. The Morgan fingerprint density at radius 3 is 2.44 bits per heavy atom. The molecule has 18 heavy (non-hydrogen) atoms. The van der Waals surface area contributed by atoms with Gasteiger partial charge in [0, 0.05) is 29.1 Å². The maximum Gasteiger partial charge on any atom is 0.136 e. The van der Waals surface area contributed by atoms with Gasteiger partial charge in [0.1, 0.15) is 11.0 Å². The van der Waals surface area contributed by atoms with Crippen molar-refractivity contribution in [3.63, 3.8) is 0 Å².